The fourth-order valence-electron chi connectivity index (χ4n) is 2.85. The molecular weight excluding hydrogens is 440 g/mol. The number of sulfonamides is 1. The molecule has 0 spiro atoms. The lowest BCUT2D eigenvalue weighted by atomic mass is 9.99. The van der Waals surface area contributed by atoms with Gasteiger partial charge in [-0.3, -0.25) is 10.0 Å². The molecule has 0 aliphatic carbocycles. The van der Waals surface area contributed by atoms with E-state index in [9.17, 15) is 33.6 Å². The number of aliphatic hydroxyl groups excluding tert-OH is 4. The molecule has 1 heterocycles. The van der Waals surface area contributed by atoms with Crippen molar-refractivity contribution in [2.24, 2.45) is 0 Å². The molecule has 1 amide bonds. The predicted molar refractivity (Wildman–Crippen MR) is 101 cm³/mol. The van der Waals surface area contributed by atoms with E-state index < -0.39 is 72.9 Å². The Bertz CT molecular complexity index is 818. The van der Waals surface area contributed by atoms with E-state index in [1.165, 1.54) is 36.9 Å². The molecule has 14 heteroatoms. The molecule has 0 bridgehead atoms. The molecule has 1 aromatic rings. The average Bonchev–Trinajstić information content (AvgIpc) is 2.78. The van der Waals surface area contributed by atoms with E-state index in [0.717, 1.165) is 4.31 Å². The molecule has 0 radical (unpaired) electrons. The zero-order chi connectivity index (χ0) is 23.2. The lowest BCUT2D eigenvalue weighted by Gasteiger charge is -2.39. The van der Waals surface area contributed by atoms with Crippen LogP contribution in [0.25, 0.3) is 0 Å². The Morgan fingerprint density at radius 2 is 1.81 bits per heavy atom. The van der Waals surface area contributed by atoms with Crippen molar-refractivity contribution in [3.63, 3.8) is 0 Å². The topological polar surface area (TPSA) is 195 Å². The van der Waals surface area contributed by atoms with Crippen molar-refractivity contribution < 1.29 is 53.1 Å². The number of ether oxygens (including phenoxy) is 3. The molecule has 0 saturated carbocycles. The van der Waals surface area contributed by atoms with Crippen LogP contribution in [0.4, 0.5) is 0 Å². The zero-order valence-electron chi connectivity index (χ0n) is 16.6. The Hall–Kier alpha value is -1.88. The smallest absolute Gasteiger partial charge is 0.258 e. The number of rotatable bonds is 10. The molecule has 176 valence electrons. The first-order valence-corrected chi connectivity index (χ1v) is 10.6. The van der Waals surface area contributed by atoms with Crippen molar-refractivity contribution in [3.05, 3.63) is 24.3 Å². The van der Waals surface area contributed by atoms with Gasteiger partial charge in [-0.25, -0.2) is 13.9 Å². The maximum Gasteiger partial charge on any atom is 0.258 e. The van der Waals surface area contributed by atoms with Crippen LogP contribution < -0.4 is 10.2 Å². The molecule has 0 aromatic heterocycles. The highest BCUT2D eigenvalue weighted by molar-refractivity contribution is 7.89. The Morgan fingerprint density at radius 1 is 1.16 bits per heavy atom. The van der Waals surface area contributed by atoms with Crippen LogP contribution in [0.3, 0.4) is 0 Å². The molecule has 2 rings (SSSR count). The molecule has 1 aromatic carbocycles. The lowest BCUT2D eigenvalue weighted by Crippen LogP contribution is -2.59. The van der Waals surface area contributed by atoms with Crippen LogP contribution in [0.1, 0.15) is 0 Å². The largest absolute Gasteiger partial charge is 0.497 e. The fraction of sp³-hybridized carbons (Fsp3) is 0.588. The summed E-state index contributed by atoms with van der Waals surface area (Å²) >= 11 is 0. The second kappa shape index (κ2) is 11.1. The van der Waals surface area contributed by atoms with Gasteiger partial charge in [-0.05, 0) is 24.3 Å². The van der Waals surface area contributed by atoms with Gasteiger partial charge in [0.1, 0.15) is 30.2 Å². The van der Waals surface area contributed by atoms with Gasteiger partial charge in [0.2, 0.25) is 10.0 Å². The normalized spacial score (nSPS) is 26.6. The molecule has 5 atom stereocenters. The van der Waals surface area contributed by atoms with E-state index in [0.29, 0.717) is 5.75 Å². The number of carbonyl (C=O) groups excluding carboxylic acids is 1. The van der Waals surface area contributed by atoms with E-state index in [1.807, 2.05) is 0 Å². The monoisotopic (exact) mass is 466 g/mol. The third kappa shape index (κ3) is 6.09. The van der Waals surface area contributed by atoms with Gasteiger partial charge in [-0.1, -0.05) is 0 Å². The summed E-state index contributed by atoms with van der Waals surface area (Å²) in [5.41, 5.74) is 1.35. The number of hydroxylamine groups is 1. The highest BCUT2D eigenvalue weighted by Crippen LogP contribution is 2.23. The van der Waals surface area contributed by atoms with Crippen LogP contribution in [0.5, 0.6) is 5.75 Å². The first-order valence-electron chi connectivity index (χ1n) is 9.15. The molecule has 1 fully saturated rings. The van der Waals surface area contributed by atoms with Crippen LogP contribution in [0, 0.1) is 0 Å². The van der Waals surface area contributed by atoms with Gasteiger partial charge in [0.15, 0.2) is 6.29 Å². The minimum absolute atomic E-state index is 0.146. The van der Waals surface area contributed by atoms with E-state index in [1.54, 1.807) is 0 Å². The first-order chi connectivity index (χ1) is 14.6. The number of nitrogens with one attached hydrogen (secondary N) is 1. The Morgan fingerprint density at radius 3 is 2.35 bits per heavy atom. The Kier molecular flexibility index (Phi) is 9.11. The summed E-state index contributed by atoms with van der Waals surface area (Å²) in [4.78, 5) is 11.5. The van der Waals surface area contributed by atoms with Crippen LogP contribution in [-0.2, 0) is 24.3 Å². The molecule has 1 aliphatic heterocycles. The van der Waals surface area contributed by atoms with Gasteiger partial charge < -0.3 is 34.6 Å². The van der Waals surface area contributed by atoms with Gasteiger partial charge in [-0.2, -0.15) is 4.31 Å². The molecule has 1 aliphatic rings. The third-order valence-corrected chi connectivity index (χ3v) is 6.47. The first kappa shape index (κ1) is 25.4. The van der Waals surface area contributed by atoms with Crippen molar-refractivity contribution >= 4 is 15.9 Å². The molecule has 0 unspecified atom stereocenters. The number of nitrogens with zero attached hydrogens (tertiary/aromatic N) is 1. The van der Waals surface area contributed by atoms with E-state index >= 15 is 0 Å². The van der Waals surface area contributed by atoms with Crippen molar-refractivity contribution in [1.82, 2.24) is 9.79 Å². The lowest BCUT2D eigenvalue weighted by molar-refractivity contribution is -0.301. The zero-order valence-corrected chi connectivity index (χ0v) is 17.4. The minimum atomic E-state index is -4.19. The number of hydrogen-bond acceptors (Lipinski definition) is 11. The molecular formula is C17H26N2O11S. The summed E-state index contributed by atoms with van der Waals surface area (Å²) in [6, 6.07) is 5.39. The summed E-state index contributed by atoms with van der Waals surface area (Å²) in [5.74, 6) is -0.575. The summed E-state index contributed by atoms with van der Waals surface area (Å²) in [6.07, 6.45) is -7.55. The summed E-state index contributed by atoms with van der Waals surface area (Å²) in [6.45, 7) is -2.17. The van der Waals surface area contributed by atoms with Gasteiger partial charge >= 0.3 is 0 Å². The predicted octanol–water partition coefficient (Wildman–Crippen LogP) is -2.99. The number of hydrogen-bond donors (Lipinski definition) is 6. The highest BCUT2D eigenvalue weighted by atomic mass is 32.2. The van der Waals surface area contributed by atoms with Crippen LogP contribution in [0.15, 0.2) is 29.2 Å². The second-order valence-electron chi connectivity index (χ2n) is 6.62. The quantitative estimate of drug-likeness (QED) is 0.152. The van der Waals surface area contributed by atoms with Crippen LogP contribution in [0.2, 0.25) is 0 Å². The minimum Gasteiger partial charge on any atom is -0.497 e. The molecule has 1 saturated heterocycles. The summed E-state index contributed by atoms with van der Waals surface area (Å²) in [5, 5.41) is 47.5. The van der Waals surface area contributed by atoms with Crippen molar-refractivity contribution in [2.45, 2.75) is 35.6 Å². The van der Waals surface area contributed by atoms with E-state index in [4.69, 9.17) is 19.4 Å². The van der Waals surface area contributed by atoms with Crippen LogP contribution in [-0.4, -0.2) is 108 Å². The molecule has 6 N–H and O–H groups in total. The van der Waals surface area contributed by atoms with E-state index in [2.05, 4.69) is 0 Å². The van der Waals surface area contributed by atoms with Gasteiger partial charge in [0, 0.05) is 6.54 Å². The third-order valence-electron chi connectivity index (χ3n) is 4.61. The second-order valence-corrected chi connectivity index (χ2v) is 8.56. The van der Waals surface area contributed by atoms with Crippen LogP contribution >= 0.6 is 0 Å². The number of benzene rings is 1. The maximum absolute atomic E-state index is 12.9. The highest BCUT2D eigenvalue weighted by Gasteiger charge is 2.44. The van der Waals surface area contributed by atoms with Crippen molar-refractivity contribution in [1.29, 1.82) is 0 Å². The summed E-state index contributed by atoms with van der Waals surface area (Å²) in [7, 11) is -2.78. The van der Waals surface area contributed by atoms with Crippen molar-refractivity contribution in [3.8, 4) is 5.75 Å². The number of carbonyl (C=O) groups is 1. The molecule has 13 nitrogen and oxygen atoms in total. The Balaban J connectivity index is 2.11. The maximum atomic E-state index is 12.9. The van der Waals surface area contributed by atoms with Gasteiger partial charge in [-0.15, -0.1) is 0 Å². The standard InChI is InChI=1S/C17H26N2O11S/c1-28-10-2-4-11(5-3-10)31(26,27)19(8-13(21)18-25)6-7-29-17-16(24)15(23)14(22)12(9-20)30-17/h2-5,12,14-17,20,22-25H,6-9H2,1H3,(H,18,21)/t12-,14-,15+,16-,17-/m1/s1. The fourth-order valence-corrected chi connectivity index (χ4v) is 4.23. The Labute approximate surface area is 178 Å². The average molecular weight is 466 g/mol. The number of amides is 1. The SMILES string of the molecule is COc1ccc(S(=O)(=O)N(CCO[C@@H]2O[C@H](CO)[C@@H](O)[C@H](O)[C@H]2O)CC(=O)NO)cc1. The number of methoxy groups -OCH3 is 1. The summed E-state index contributed by atoms with van der Waals surface area (Å²) < 4.78 is 42.0. The molecule has 31 heavy (non-hydrogen) atoms. The number of aliphatic hydroxyl groups is 4. The van der Waals surface area contributed by atoms with Gasteiger partial charge in [0.25, 0.3) is 5.91 Å². The van der Waals surface area contributed by atoms with E-state index in [-0.39, 0.29) is 4.90 Å². The van der Waals surface area contributed by atoms with Gasteiger partial charge in [0.05, 0.1) is 31.8 Å². The van der Waals surface area contributed by atoms with Crippen molar-refractivity contribution in [2.75, 3.05) is 33.4 Å².